The predicted molar refractivity (Wildman–Crippen MR) is 431 cm³/mol. The highest BCUT2D eigenvalue weighted by atomic mass is 28.4. The first-order valence-corrected chi connectivity index (χ1v) is 43.4. The maximum atomic E-state index is 12.6. The Morgan fingerprint density at radius 1 is 0.420 bits per heavy atom. The van der Waals surface area contributed by atoms with Gasteiger partial charge in [-0.3, -0.25) is 0 Å². The molecule has 0 radical (unpaired) electrons. The fourth-order valence-electron chi connectivity index (χ4n) is 11.7. The number of benzene rings is 6. The lowest BCUT2D eigenvalue weighted by Crippen LogP contribution is -2.48. The number of ether oxygens (including phenoxy) is 14. The quantitative estimate of drug-likeness (QED) is 0.0155. The van der Waals surface area contributed by atoms with Crippen LogP contribution in [0.15, 0.2) is 146 Å². The summed E-state index contributed by atoms with van der Waals surface area (Å²) in [4.78, 5) is 12.6. The van der Waals surface area contributed by atoms with Crippen LogP contribution in [0, 0.1) is 11.5 Å². The van der Waals surface area contributed by atoms with Crippen LogP contribution in [-0.2, 0) is 80.7 Å². The molecule has 26 heteroatoms. The third kappa shape index (κ3) is 32.5. The molecule has 0 aromatic heterocycles. The van der Waals surface area contributed by atoms with Crippen molar-refractivity contribution in [2.75, 3.05) is 145 Å². The van der Waals surface area contributed by atoms with E-state index in [-0.39, 0.29) is 67.1 Å². The Labute approximate surface area is 667 Å². The van der Waals surface area contributed by atoms with Gasteiger partial charge in [0.25, 0.3) is 6.26 Å². The Bertz CT molecular complexity index is 3500. The van der Waals surface area contributed by atoms with Gasteiger partial charge in [0, 0.05) is 87.7 Å². The van der Waals surface area contributed by atoms with Crippen molar-refractivity contribution >= 4 is 23.7 Å². The molecule has 0 bridgehead atoms. The number of nitrogens with zero attached hydrogens (tertiary/aromatic N) is 1. The van der Waals surface area contributed by atoms with E-state index in [0.717, 1.165) is 60.7 Å². The van der Waals surface area contributed by atoms with E-state index < -0.39 is 35.9 Å². The van der Waals surface area contributed by atoms with Crippen molar-refractivity contribution in [1.82, 2.24) is 5.32 Å². The van der Waals surface area contributed by atoms with Crippen LogP contribution in [0.2, 0.25) is 12.1 Å². The number of epoxide rings is 4. The molecule has 10 rings (SSSR count). The van der Waals surface area contributed by atoms with E-state index in [1.165, 1.54) is 27.8 Å². The second-order valence-corrected chi connectivity index (χ2v) is 33.9. The second kappa shape index (κ2) is 48.1. The number of hydrogen-bond donors (Lipinski definition) is 2. The van der Waals surface area contributed by atoms with Crippen molar-refractivity contribution in [3.63, 3.8) is 0 Å². The van der Waals surface area contributed by atoms with Gasteiger partial charge in [0.1, 0.15) is 111 Å². The molecule has 6 unspecified atom stereocenters. The van der Waals surface area contributed by atoms with E-state index in [4.69, 9.17) is 93.4 Å². The van der Waals surface area contributed by atoms with Crippen LogP contribution in [0.3, 0.4) is 0 Å². The molecule has 0 spiro atoms. The molecular weight excluding hydrogens is 1470 g/mol. The largest absolute Gasteiger partial charge is 0.502 e. The number of rotatable bonds is 50. The fourth-order valence-corrected chi connectivity index (χ4v) is 16.7. The smallest absolute Gasteiger partial charge is 0.491 e. The number of alkyl carbamates (subject to hydrolysis) is 1. The molecular formula is C86H124N2O22Si2. The average molecular weight is 1590 g/mol. The van der Waals surface area contributed by atoms with Crippen LogP contribution in [0.4, 0.5) is 4.79 Å². The number of aliphatic hydroxyl groups is 1. The maximum absolute atomic E-state index is 12.6. The van der Waals surface area contributed by atoms with Gasteiger partial charge in [0.2, 0.25) is 0 Å². The minimum Gasteiger partial charge on any atom is -0.491 e. The fraction of sp³-hybridized carbons (Fsp3) is 0.558. The van der Waals surface area contributed by atoms with Crippen molar-refractivity contribution < 1.29 is 103 Å². The molecule has 24 nitrogen and oxygen atoms in total. The summed E-state index contributed by atoms with van der Waals surface area (Å²) in [5, 5.41) is 20.8. The van der Waals surface area contributed by atoms with Crippen molar-refractivity contribution in [3.8, 4) is 40.8 Å². The topological polar surface area (TPSA) is 271 Å². The SMILES string of the molecule is CC(C)(c1ccc(OCC2CO2)cc1)c1ccc(OCC2CO2)cc1.CCOCC(COc1ccc(C(C)(C)c2ccc(OCC3CO3)cc2)cc1)OC(=O)NCC[Si](OCC)(OCC)OCC.CCOCC(O)COc1ccc(C(C)(C)c2ccc(OCC3CO3)cc2)cc1.CCO[Si](CCCOC#N)(OCC)OCC. The van der Waals surface area contributed by atoms with Crippen LogP contribution in [0.1, 0.15) is 137 Å². The summed E-state index contributed by atoms with van der Waals surface area (Å²) in [6.45, 7) is 40.0. The highest BCUT2D eigenvalue weighted by Crippen LogP contribution is 2.37. The van der Waals surface area contributed by atoms with Crippen LogP contribution in [-0.4, -0.2) is 211 Å². The molecule has 6 aromatic carbocycles. The lowest BCUT2D eigenvalue weighted by molar-refractivity contribution is 0.00161. The monoisotopic (exact) mass is 1590 g/mol. The highest BCUT2D eigenvalue weighted by Gasteiger charge is 2.41. The molecule has 6 atom stereocenters. The number of hydrogen-bond acceptors (Lipinski definition) is 23. The number of nitriles is 1. The van der Waals surface area contributed by atoms with E-state index in [1.807, 2.05) is 128 Å². The maximum Gasteiger partial charge on any atom is 0.502 e. The second-order valence-electron chi connectivity index (χ2n) is 28.4. The molecule has 618 valence electrons. The summed E-state index contributed by atoms with van der Waals surface area (Å²) < 4.78 is 111. The molecule has 4 fully saturated rings. The summed E-state index contributed by atoms with van der Waals surface area (Å²) in [7, 11) is -5.39. The zero-order valence-electron chi connectivity index (χ0n) is 68.5. The lowest BCUT2D eigenvalue weighted by atomic mass is 9.78. The van der Waals surface area contributed by atoms with Gasteiger partial charge in [-0.05, 0) is 168 Å². The minimum absolute atomic E-state index is 0.0870. The van der Waals surface area contributed by atoms with E-state index in [0.29, 0.717) is 117 Å². The van der Waals surface area contributed by atoms with Crippen LogP contribution in [0.25, 0.3) is 0 Å². The van der Waals surface area contributed by atoms with Gasteiger partial charge < -0.3 is 103 Å². The van der Waals surface area contributed by atoms with Gasteiger partial charge in [-0.1, -0.05) is 114 Å². The van der Waals surface area contributed by atoms with E-state index in [2.05, 4.69) is 124 Å². The summed E-state index contributed by atoms with van der Waals surface area (Å²) in [5.74, 6) is 4.90. The molecule has 6 aromatic rings. The molecule has 4 aliphatic heterocycles. The van der Waals surface area contributed by atoms with Crippen molar-refractivity contribution in [1.29, 1.82) is 5.26 Å². The summed E-state index contributed by atoms with van der Waals surface area (Å²) in [6, 6.07) is 50.2. The van der Waals surface area contributed by atoms with Crippen LogP contribution in [0.5, 0.6) is 34.5 Å². The Morgan fingerprint density at radius 3 is 0.973 bits per heavy atom. The number of carbonyl (C=O) groups excluding carboxylic acids is 1. The van der Waals surface area contributed by atoms with Gasteiger partial charge in [-0.25, -0.2) is 4.79 Å². The molecule has 4 aliphatic rings. The number of nitrogens with one attached hydrogen (secondary N) is 1. The average Bonchev–Trinajstić information content (AvgIpc) is 1.31. The van der Waals surface area contributed by atoms with E-state index >= 15 is 0 Å². The Morgan fingerprint density at radius 2 is 0.696 bits per heavy atom. The summed E-state index contributed by atoms with van der Waals surface area (Å²) in [6.07, 6.45) is 1.64. The highest BCUT2D eigenvalue weighted by molar-refractivity contribution is 6.61. The van der Waals surface area contributed by atoms with E-state index in [1.54, 1.807) is 6.26 Å². The molecule has 0 saturated carbocycles. The van der Waals surface area contributed by atoms with Crippen molar-refractivity contribution in [2.45, 2.75) is 168 Å². The Balaban J connectivity index is 0.000000219. The first-order valence-electron chi connectivity index (χ1n) is 39.6. The third-order valence-electron chi connectivity index (χ3n) is 18.7. The standard InChI is InChI=1S/C32H49NO9Si.C23H30O5.C21H24O4.C10H21NO4Si/c1-7-35-21-30(42-31(34)33-19-20-43(39-8-2,40-9-3)41-10-4)24-37-28-17-13-26(14-18-28)32(5,6)25-11-15-27(16-12-25)36-22-29-23-38-29;1-4-25-13-19(24)14-26-20-9-5-17(6-10-20)23(2,3)18-7-11-21(12-8-18)27-15-22-16-28-22;1-21(2,15-3-7-17(8-4-15)22-11-19-13-24-19)16-5-9-18(10-6-16)23-12-20-14-25-20;1-4-13-16(14-5-2,15-6-3)9-7-8-12-10-11/h11-18,29-30H,7-10,19-24H2,1-6H3,(H,33,34);5-12,19,22,24H,4,13-16H2,1-3H3;3-10,19-20H,11-14H2,1-2H3;4-9H2,1-3H3. The zero-order valence-corrected chi connectivity index (χ0v) is 70.5. The van der Waals surface area contributed by atoms with Crippen molar-refractivity contribution in [3.05, 3.63) is 179 Å². The predicted octanol–water partition coefficient (Wildman–Crippen LogP) is 14.4. The molecule has 4 saturated heterocycles. The summed E-state index contributed by atoms with van der Waals surface area (Å²) in [5.41, 5.74) is 6.77. The van der Waals surface area contributed by atoms with Crippen molar-refractivity contribution in [2.24, 2.45) is 0 Å². The molecule has 4 heterocycles. The van der Waals surface area contributed by atoms with Gasteiger partial charge in [0.05, 0.1) is 39.6 Å². The van der Waals surface area contributed by atoms with Gasteiger partial charge in [-0.2, -0.15) is 5.26 Å². The van der Waals surface area contributed by atoms with Gasteiger partial charge >= 0.3 is 23.7 Å². The molecule has 2 N–H and O–H groups in total. The zero-order chi connectivity index (χ0) is 80.7. The number of carbonyl (C=O) groups is 1. The number of amides is 1. The Hall–Kier alpha value is -7.41. The van der Waals surface area contributed by atoms with Gasteiger partial charge in [0.15, 0.2) is 6.10 Å². The first kappa shape index (κ1) is 91.8. The number of aliphatic hydroxyl groups excluding tert-OH is 1. The van der Waals surface area contributed by atoms with Gasteiger partial charge in [-0.15, -0.1) is 0 Å². The molecule has 0 aliphatic carbocycles. The third-order valence-corrected chi connectivity index (χ3v) is 24.9. The summed E-state index contributed by atoms with van der Waals surface area (Å²) >= 11 is 0. The van der Waals surface area contributed by atoms with Crippen LogP contribution >= 0.6 is 0 Å². The minimum atomic E-state index is -2.86. The Kier molecular flexibility index (Phi) is 39.4. The molecule has 1 amide bonds. The molecule has 112 heavy (non-hydrogen) atoms. The van der Waals surface area contributed by atoms with E-state index in [9.17, 15) is 9.90 Å². The normalized spacial score (nSPS) is 16.7. The first-order chi connectivity index (χ1) is 54.1. The lowest BCUT2D eigenvalue weighted by Gasteiger charge is -2.28. The van der Waals surface area contributed by atoms with Crippen LogP contribution < -0.4 is 33.7 Å².